The number of piperazine rings is 1. The molecule has 144 valence electrons. The predicted molar refractivity (Wildman–Crippen MR) is 92.6 cm³/mol. The Balaban J connectivity index is 1.54. The number of nitrogens with one attached hydrogen (secondary N) is 1. The van der Waals surface area contributed by atoms with Gasteiger partial charge in [-0.3, -0.25) is 0 Å². The predicted octanol–water partition coefficient (Wildman–Crippen LogP) is 3.37. The third-order valence-electron chi connectivity index (χ3n) is 4.69. The minimum absolute atomic E-state index is 0.0788. The van der Waals surface area contributed by atoms with Crippen molar-refractivity contribution in [2.75, 3.05) is 44.2 Å². The molecule has 2 fully saturated rings. The molecule has 0 bridgehead atoms. The van der Waals surface area contributed by atoms with Gasteiger partial charge in [0, 0.05) is 45.0 Å². The summed E-state index contributed by atoms with van der Waals surface area (Å²) in [6.45, 7) is 3.05. The number of hydrogen-bond acceptors (Lipinski definition) is 3. The van der Waals surface area contributed by atoms with Crippen molar-refractivity contribution in [2.45, 2.75) is 25.1 Å². The van der Waals surface area contributed by atoms with Crippen molar-refractivity contribution in [3.8, 4) is 0 Å². The summed E-state index contributed by atoms with van der Waals surface area (Å²) in [5.74, 6) is 0. The fraction of sp³-hybridized carbons (Fsp3) is 0.588. The van der Waals surface area contributed by atoms with Gasteiger partial charge < -0.3 is 19.9 Å². The second-order valence-corrected chi connectivity index (χ2v) is 6.86. The highest BCUT2D eigenvalue weighted by Gasteiger charge is 2.34. The summed E-state index contributed by atoms with van der Waals surface area (Å²) >= 11 is 5.66. The first kappa shape index (κ1) is 19.1. The number of ether oxygens (including phenoxy) is 1. The Morgan fingerprint density at radius 2 is 2.00 bits per heavy atom. The number of carbonyl (C=O) groups excluding carboxylic acids is 1. The highest BCUT2D eigenvalue weighted by molar-refractivity contribution is 6.31. The van der Waals surface area contributed by atoms with Gasteiger partial charge in [-0.1, -0.05) is 11.6 Å². The lowest BCUT2D eigenvalue weighted by molar-refractivity contribution is -0.137. The number of amides is 2. The quantitative estimate of drug-likeness (QED) is 0.859. The largest absolute Gasteiger partial charge is 0.417 e. The number of carbonyl (C=O) groups is 1. The van der Waals surface area contributed by atoms with E-state index in [2.05, 4.69) is 5.32 Å². The number of alkyl halides is 3. The average Bonchev–Trinajstić information content (AvgIpc) is 3.13. The lowest BCUT2D eigenvalue weighted by Crippen LogP contribution is -2.52. The van der Waals surface area contributed by atoms with Gasteiger partial charge in [0.1, 0.15) is 0 Å². The smallest absolute Gasteiger partial charge is 0.376 e. The zero-order chi connectivity index (χ0) is 18.7. The SMILES string of the molecule is O=C(NCC1CCCO1)N1CCN(c2ccc(Cl)c(C(F)(F)F)c2)CC1. The molecule has 1 aromatic carbocycles. The number of nitrogens with zero attached hydrogens (tertiary/aromatic N) is 2. The lowest BCUT2D eigenvalue weighted by atomic mass is 10.1. The van der Waals surface area contributed by atoms with Crippen LogP contribution >= 0.6 is 11.6 Å². The van der Waals surface area contributed by atoms with E-state index >= 15 is 0 Å². The Labute approximate surface area is 155 Å². The molecule has 0 radical (unpaired) electrons. The van der Waals surface area contributed by atoms with E-state index in [0.29, 0.717) is 38.4 Å². The summed E-state index contributed by atoms with van der Waals surface area (Å²) in [5, 5.41) is 2.55. The normalized spacial score (nSPS) is 21.2. The van der Waals surface area contributed by atoms with Gasteiger partial charge >= 0.3 is 12.2 Å². The van der Waals surface area contributed by atoms with E-state index < -0.39 is 11.7 Å². The van der Waals surface area contributed by atoms with Gasteiger partial charge in [-0.05, 0) is 31.0 Å². The molecule has 5 nitrogen and oxygen atoms in total. The maximum atomic E-state index is 13.0. The molecule has 2 saturated heterocycles. The molecule has 1 unspecified atom stereocenters. The molecular formula is C17H21ClF3N3O2. The van der Waals surface area contributed by atoms with Crippen molar-refractivity contribution in [1.29, 1.82) is 0 Å². The standard InChI is InChI=1S/C17H21ClF3N3O2/c18-15-4-3-12(10-14(15)17(19,20)21)23-5-7-24(8-6-23)16(25)22-11-13-2-1-9-26-13/h3-4,10,13H,1-2,5-9,11H2,(H,22,25). The van der Waals surface area contributed by atoms with Crippen molar-refractivity contribution in [3.05, 3.63) is 28.8 Å². The number of urea groups is 1. The monoisotopic (exact) mass is 391 g/mol. The first-order chi connectivity index (χ1) is 12.3. The van der Waals surface area contributed by atoms with Crippen molar-refractivity contribution >= 4 is 23.3 Å². The van der Waals surface area contributed by atoms with Crippen LogP contribution < -0.4 is 10.2 Å². The van der Waals surface area contributed by atoms with Gasteiger partial charge in [0.15, 0.2) is 0 Å². The van der Waals surface area contributed by atoms with E-state index in [1.54, 1.807) is 11.0 Å². The second-order valence-electron chi connectivity index (χ2n) is 6.46. The molecule has 1 aromatic rings. The third-order valence-corrected chi connectivity index (χ3v) is 5.02. The van der Waals surface area contributed by atoms with Crippen molar-refractivity contribution in [2.24, 2.45) is 0 Å². The molecule has 3 rings (SSSR count). The third kappa shape index (κ3) is 4.54. The van der Waals surface area contributed by atoms with Crippen LogP contribution in [0.5, 0.6) is 0 Å². The zero-order valence-corrected chi connectivity index (χ0v) is 14.9. The molecule has 1 N–H and O–H groups in total. The number of halogens is 4. The molecule has 9 heteroatoms. The van der Waals surface area contributed by atoms with E-state index in [1.165, 1.54) is 6.07 Å². The summed E-state index contributed by atoms with van der Waals surface area (Å²) in [6.07, 6.45) is -2.45. The van der Waals surface area contributed by atoms with E-state index in [-0.39, 0.29) is 17.2 Å². The molecule has 2 aliphatic heterocycles. The molecule has 0 aliphatic carbocycles. The Kier molecular flexibility index (Phi) is 5.82. The topological polar surface area (TPSA) is 44.8 Å². The molecule has 2 amide bonds. The number of anilines is 1. The van der Waals surface area contributed by atoms with E-state index in [1.807, 2.05) is 4.90 Å². The zero-order valence-electron chi connectivity index (χ0n) is 14.2. The average molecular weight is 392 g/mol. The van der Waals surface area contributed by atoms with Gasteiger partial charge in [-0.15, -0.1) is 0 Å². The fourth-order valence-corrected chi connectivity index (χ4v) is 3.44. The summed E-state index contributed by atoms with van der Waals surface area (Å²) in [5.41, 5.74) is -0.380. The van der Waals surface area contributed by atoms with Crippen LogP contribution in [0.1, 0.15) is 18.4 Å². The van der Waals surface area contributed by atoms with Crippen LogP contribution in [0.3, 0.4) is 0 Å². The molecule has 0 saturated carbocycles. The summed E-state index contributed by atoms with van der Waals surface area (Å²) in [4.78, 5) is 15.7. The Morgan fingerprint density at radius 1 is 1.27 bits per heavy atom. The van der Waals surface area contributed by atoms with Crippen molar-refractivity contribution in [1.82, 2.24) is 10.2 Å². The Hall–Kier alpha value is -1.67. The van der Waals surface area contributed by atoms with Crippen LogP contribution in [0, 0.1) is 0 Å². The molecular weight excluding hydrogens is 371 g/mol. The minimum atomic E-state index is -4.49. The van der Waals surface area contributed by atoms with E-state index in [0.717, 1.165) is 25.5 Å². The van der Waals surface area contributed by atoms with Gasteiger partial charge in [-0.2, -0.15) is 13.2 Å². The number of rotatable bonds is 3. The minimum Gasteiger partial charge on any atom is -0.376 e. The van der Waals surface area contributed by atoms with Gasteiger partial charge in [-0.25, -0.2) is 4.79 Å². The van der Waals surface area contributed by atoms with E-state index in [4.69, 9.17) is 16.3 Å². The number of benzene rings is 1. The maximum absolute atomic E-state index is 13.0. The highest BCUT2D eigenvalue weighted by atomic mass is 35.5. The Bertz CT molecular complexity index is 643. The summed E-state index contributed by atoms with van der Waals surface area (Å²) in [7, 11) is 0. The summed E-state index contributed by atoms with van der Waals surface area (Å²) in [6, 6.07) is 3.74. The maximum Gasteiger partial charge on any atom is 0.417 e. The Morgan fingerprint density at radius 3 is 2.62 bits per heavy atom. The molecule has 2 aliphatic rings. The van der Waals surface area contributed by atoms with Crippen LogP contribution in [0.25, 0.3) is 0 Å². The van der Waals surface area contributed by atoms with Crippen LogP contribution in [0.4, 0.5) is 23.7 Å². The highest BCUT2D eigenvalue weighted by Crippen LogP contribution is 2.37. The van der Waals surface area contributed by atoms with Crippen LogP contribution in [0.2, 0.25) is 5.02 Å². The number of hydrogen-bond donors (Lipinski definition) is 1. The lowest BCUT2D eigenvalue weighted by Gasteiger charge is -2.36. The fourth-order valence-electron chi connectivity index (χ4n) is 3.21. The summed E-state index contributed by atoms with van der Waals surface area (Å²) < 4.78 is 44.5. The molecule has 0 spiro atoms. The van der Waals surface area contributed by atoms with Gasteiger partial charge in [0.25, 0.3) is 0 Å². The second kappa shape index (κ2) is 7.92. The molecule has 26 heavy (non-hydrogen) atoms. The van der Waals surface area contributed by atoms with Crippen LogP contribution in [-0.2, 0) is 10.9 Å². The molecule has 0 aromatic heterocycles. The molecule has 1 atom stereocenters. The first-order valence-corrected chi connectivity index (χ1v) is 8.98. The van der Waals surface area contributed by atoms with Gasteiger partial charge in [0.2, 0.25) is 0 Å². The van der Waals surface area contributed by atoms with Crippen LogP contribution in [-0.4, -0.2) is 56.4 Å². The first-order valence-electron chi connectivity index (χ1n) is 8.60. The van der Waals surface area contributed by atoms with Crippen LogP contribution in [0.15, 0.2) is 18.2 Å². The van der Waals surface area contributed by atoms with E-state index in [9.17, 15) is 18.0 Å². The van der Waals surface area contributed by atoms with Gasteiger partial charge in [0.05, 0.1) is 16.7 Å². The van der Waals surface area contributed by atoms with Crippen molar-refractivity contribution in [3.63, 3.8) is 0 Å². The van der Waals surface area contributed by atoms with Crippen molar-refractivity contribution < 1.29 is 22.7 Å². The molecule has 2 heterocycles.